The first-order valence-corrected chi connectivity index (χ1v) is 15.6. The molecule has 0 radical (unpaired) electrons. The quantitative estimate of drug-likeness (QED) is 0.285. The lowest BCUT2D eigenvalue weighted by atomic mass is 9.74. The van der Waals surface area contributed by atoms with Crippen molar-refractivity contribution in [2.24, 2.45) is 11.3 Å². The molecular weight excluding hydrogens is 613 g/mol. The number of rotatable bonds is 8. The zero-order valence-electron chi connectivity index (χ0n) is 24.4. The fraction of sp³-hybridized carbons (Fsp3) is 0.452. The molecule has 5 rings (SSSR count). The monoisotopic (exact) mass is 645 g/mol. The van der Waals surface area contributed by atoms with E-state index in [0.717, 1.165) is 11.1 Å². The summed E-state index contributed by atoms with van der Waals surface area (Å²) in [5, 5.41) is 9.54. The van der Waals surface area contributed by atoms with Gasteiger partial charge in [0, 0.05) is 37.5 Å². The Morgan fingerprint density at radius 3 is 2.40 bits per heavy atom. The topological polar surface area (TPSA) is 97.6 Å². The molecule has 3 heterocycles. The van der Waals surface area contributed by atoms with Crippen molar-refractivity contribution in [3.63, 3.8) is 0 Å². The molecule has 0 N–H and O–H groups in total. The van der Waals surface area contributed by atoms with Gasteiger partial charge >= 0.3 is 5.97 Å². The highest BCUT2D eigenvalue weighted by molar-refractivity contribution is 6.40. The lowest BCUT2D eigenvalue weighted by Gasteiger charge is -2.41. The van der Waals surface area contributed by atoms with Crippen LogP contribution >= 0.6 is 34.8 Å². The van der Waals surface area contributed by atoms with Crippen molar-refractivity contribution in [2.45, 2.75) is 52.5 Å². The molecule has 2 aliphatic rings. The minimum absolute atomic E-state index is 0.0192. The van der Waals surface area contributed by atoms with E-state index in [-0.39, 0.29) is 43.3 Å². The summed E-state index contributed by atoms with van der Waals surface area (Å²) in [5.41, 5.74) is 2.15. The SMILES string of the molecule is CCOC(=O)C1(Cc2cn(-c3c(Cl)cc(Cl)cc3Cl)nn2)CCN(C(=O)C2CC(=O)N(CC)C2c2cccc(C)c2)CC1. The molecule has 2 aliphatic heterocycles. The Balaban J connectivity index is 1.35. The van der Waals surface area contributed by atoms with Gasteiger partial charge in [0.25, 0.3) is 0 Å². The van der Waals surface area contributed by atoms with Crippen molar-refractivity contribution in [3.8, 4) is 5.69 Å². The van der Waals surface area contributed by atoms with Crippen LogP contribution in [0.25, 0.3) is 5.69 Å². The second-order valence-electron chi connectivity index (χ2n) is 11.2. The summed E-state index contributed by atoms with van der Waals surface area (Å²) in [6.07, 6.45) is 2.91. The lowest BCUT2D eigenvalue weighted by Crippen LogP contribution is -2.50. The van der Waals surface area contributed by atoms with Gasteiger partial charge in [-0.05, 0) is 51.3 Å². The summed E-state index contributed by atoms with van der Waals surface area (Å²) < 4.78 is 6.99. The number of aryl methyl sites for hydroxylation is 1. The average molecular weight is 647 g/mol. The lowest BCUT2D eigenvalue weighted by molar-refractivity contribution is -0.161. The standard InChI is InChI=1S/C31H34Cl3N5O4/c1-4-38-26(40)16-23(27(38)20-8-6-7-19(3)13-20)29(41)37-11-9-31(10-12-37,30(42)43-5-2)17-22-18-39(36-35-22)28-24(33)14-21(32)15-25(28)34/h6-8,13-15,18,23,27H,4-5,9-12,16-17H2,1-3H3. The summed E-state index contributed by atoms with van der Waals surface area (Å²) in [7, 11) is 0. The highest BCUT2D eigenvalue weighted by Crippen LogP contribution is 2.42. The van der Waals surface area contributed by atoms with Gasteiger partial charge in [-0.15, -0.1) is 5.10 Å². The Kier molecular flexibility index (Phi) is 9.34. The molecule has 2 amide bonds. The molecule has 12 heteroatoms. The third-order valence-corrected chi connectivity index (χ3v) is 9.28. The number of piperidine rings is 1. The van der Waals surface area contributed by atoms with Crippen LogP contribution in [-0.2, 0) is 25.5 Å². The van der Waals surface area contributed by atoms with Crippen LogP contribution in [0.5, 0.6) is 0 Å². The van der Waals surface area contributed by atoms with Gasteiger partial charge in [-0.2, -0.15) is 0 Å². The Bertz CT molecular complexity index is 1510. The molecular formula is C31H34Cl3N5O4. The van der Waals surface area contributed by atoms with Gasteiger partial charge in [-0.1, -0.05) is 69.8 Å². The molecule has 2 atom stereocenters. The second-order valence-corrected chi connectivity index (χ2v) is 12.5. The van der Waals surface area contributed by atoms with E-state index < -0.39 is 11.3 Å². The Morgan fingerprint density at radius 1 is 1.07 bits per heavy atom. The number of esters is 1. The van der Waals surface area contributed by atoms with Gasteiger partial charge in [0.15, 0.2) is 0 Å². The van der Waals surface area contributed by atoms with Gasteiger partial charge in [0.05, 0.1) is 45.9 Å². The number of carbonyl (C=O) groups excluding carboxylic acids is 3. The number of hydrogen-bond acceptors (Lipinski definition) is 6. The van der Waals surface area contributed by atoms with Crippen LogP contribution < -0.4 is 0 Å². The van der Waals surface area contributed by atoms with E-state index in [2.05, 4.69) is 10.3 Å². The molecule has 228 valence electrons. The van der Waals surface area contributed by atoms with Crippen molar-refractivity contribution < 1.29 is 19.1 Å². The van der Waals surface area contributed by atoms with Gasteiger partial charge in [-0.25, -0.2) is 4.68 Å². The maximum absolute atomic E-state index is 14.0. The van der Waals surface area contributed by atoms with Crippen molar-refractivity contribution in [1.29, 1.82) is 0 Å². The van der Waals surface area contributed by atoms with Crippen molar-refractivity contribution in [1.82, 2.24) is 24.8 Å². The van der Waals surface area contributed by atoms with Crippen LogP contribution in [0, 0.1) is 18.3 Å². The third-order valence-electron chi connectivity index (χ3n) is 8.49. The summed E-state index contributed by atoms with van der Waals surface area (Å²) in [6.45, 7) is 7.20. The molecule has 0 bridgehead atoms. The third kappa shape index (κ3) is 6.26. The number of hydrogen-bond donors (Lipinski definition) is 0. The number of benzene rings is 2. The smallest absolute Gasteiger partial charge is 0.312 e. The number of carbonyl (C=O) groups is 3. The second kappa shape index (κ2) is 12.8. The zero-order valence-corrected chi connectivity index (χ0v) is 26.6. The first-order chi connectivity index (χ1) is 20.6. The van der Waals surface area contributed by atoms with Crippen LogP contribution in [0.15, 0.2) is 42.6 Å². The molecule has 2 aromatic carbocycles. The van der Waals surface area contributed by atoms with Crippen molar-refractivity contribution >= 4 is 52.6 Å². The van der Waals surface area contributed by atoms with Crippen LogP contribution in [0.2, 0.25) is 15.1 Å². The van der Waals surface area contributed by atoms with E-state index in [4.69, 9.17) is 39.5 Å². The largest absolute Gasteiger partial charge is 0.466 e. The van der Waals surface area contributed by atoms with Crippen LogP contribution in [0.4, 0.5) is 0 Å². The number of halogens is 3. The first kappa shape index (κ1) is 31.3. The van der Waals surface area contributed by atoms with Crippen molar-refractivity contribution in [2.75, 3.05) is 26.2 Å². The molecule has 0 aliphatic carbocycles. The van der Waals surface area contributed by atoms with Gasteiger partial charge in [0.1, 0.15) is 5.69 Å². The molecule has 2 unspecified atom stereocenters. The van der Waals surface area contributed by atoms with E-state index in [1.165, 1.54) is 4.68 Å². The predicted molar refractivity (Wildman–Crippen MR) is 164 cm³/mol. The number of ether oxygens (including phenoxy) is 1. The fourth-order valence-corrected chi connectivity index (χ4v) is 7.36. The van der Waals surface area contributed by atoms with Crippen LogP contribution in [0.1, 0.15) is 56.0 Å². The number of nitrogens with zero attached hydrogens (tertiary/aromatic N) is 5. The van der Waals surface area contributed by atoms with E-state index in [9.17, 15) is 14.4 Å². The minimum atomic E-state index is -0.891. The molecule has 43 heavy (non-hydrogen) atoms. The zero-order chi connectivity index (χ0) is 30.9. The molecule has 1 aromatic heterocycles. The number of aromatic nitrogens is 3. The Hall–Kier alpha value is -3.14. The molecule has 3 aromatic rings. The predicted octanol–water partition coefficient (Wildman–Crippen LogP) is 5.86. The molecule has 2 fully saturated rings. The van der Waals surface area contributed by atoms with Crippen LogP contribution in [0.3, 0.4) is 0 Å². The fourth-order valence-electron chi connectivity index (χ4n) is 6.37. The molecule has 9 nitrogen and oxygen atoms in total. The highest BCUT2D eigenvalue weighted by Gasteiger charge is 2.49. The van der Waals surface area contributed by atoms with Gasteiger partial charge in [0.2, 0.25) is 11.8 Å². The normalized spacial score (nSPS) is 20.0. The van der Waals surface area contributed by atoms with E-state index in [1.54, 1.807) is 35.1 Å². The Morgan fingerprint density at radius 2 is 1.77 bits per heavy atom. The molecule has 0 spiro atoms. The number of likely N-dealkylation sites (tertiary alicyclic amines) is 2. The summed E-state index contributed by atoms with van der Waals surface area (Å²) in [5.74, 6) is -0.899. The summed E-state index contributed by atoms with van der Waals surface area (Å²) >= 11 is 18.8. The molecule has 0 saturated carbocycles. The Labute approximate surface area is 266 Å². The first-order valence-electron chi connectivity index (χ1n) is 14.4. The molecule has 2 saturated heterocycles. The highest BCUT2D eigenvalue weighted by atomic mass is 35.5. The average Bonchev–Trinajstić information content (AvgIpc) is 3.56. The van der Waals surface area contributed by atoms with Gasteiger partial charge in [-0.3, -0.25) is 14.4 Å². The minimum Gasteiger partial charge on any atom is -0.466 e. The van der Waals surface area contributed by atoms with E-state index in [1.807, 2.05) is 38.1 Å². The van der Waals surface area contributed by atoms with E-state index >= 15 is 0 Å². The van der Waals surface area contributed by atoms with Gasteiger partial charge < -0.3 is 14.5 Å². The van der Waals surface area contributed by atoms with Crippen LogP contribution in [-0.4, -0.2) is 68.8 Å². The maximum atomic E-state index is 14.0. The van der Waals surface area contributed by atoms with E-state index in [0.29, 0.717) is 58.9 Å². The van der Waals surface area contributed by atoms with Crippen molar-refractivity contribution in [3.05, 3.63) is 74.5 Å². The number of amides is 2. The maximum Gasteiger partial charge on any atom is 0.312 e. The summed E-state index contributed by atoms with van der Waals surface area (Å²) in [4.78, 5) is 43.9. The summed E-state index contributed by atoms with van der Waals surface area (Å²) in [6, 6.07) is 10.8.